The Morgan fingerprint density at radius 2 is 1.76 bits per heavy atom. The molecule has 1 aliphatic heterocycles. The molecule has 1 aromatic carbocycles. The number of carbonyl (C=O) groups excluding carboxylic acids is 2. The summed E-state index contributed by atoms with van der Waals surface area (Å²) in [5, 5.41) is 8.20. The maximum absolute atomic E-state index is 12.6. The number of hydrogen-bond donors (Lipinski definition) is 2. The number of ether oxygens (including phenoxy) is 3. The van der Waals surface area contributed by atoms with Crippen LogP contribution in [0.4, 0.5) is 4.79 Å². The van der Waals surface area contributed by atoms with E-state index in [0.717, 1.165) is 0 Å². The molecule has 33 heavy (non-hydrogen) atoms. The van der Waals surface area contributed by atoms with Gasteiger partial charge in [-0.25, -0.2) is 4.79 Å². The Balaban J connectivity index is 1.95. The number of piperazine rings is 1. The minimum atomic E-state index is -0.374. The van der Waals surface area contributed by atoms with Gasteiger partial charge in [0.05, 0.1) is 32.2 Å². The first-order valence-corrected chi connectivity index (χ1v) is 10.5. The lowest BCUT2D eigenvalue weighted by Crippen LogP contribution is -2.51. The first kappa shape index (κ1) is 25.4. The van der Waals surface area contributed by atoms with Gasteiger partial charge in [-0.1, -0.05) is 0 Å². The average Bonchev–Trinajstić information content (AvgIpc) is 2.83. The van der Waals surface area contributed by atoms with Crippen LogP contribution >= 0.6 is 0 Å². The van der Waals surface area contributed by atoms with Gasteiger partial charge >= 0.3 is 6.09 Å². The molecule has 1 aromatic rings. The van der Waals surface area contributed by atoms with Crippen LogP contribution in [-0.2, 0) is 9.53 Å². The maximum atomic E-state index is 12.6. The highest BCUT2D eigenvalue weighted by Crippen LogP contribution is 2.27. The molecule has 2 rings (SSSR count). The standard InChI is InChI=1S/C23H31N5O5/c1-5-33-23(30)28-12-10-27(11-13-28)22(29)19(25)14-16(2)26-9-8-18(24)17-6-7-20(31-3)21(15-17)32-4/h6-9,14-15,24H,5,10-13,25H2,1-4H3. The van der Waals surface area contributed by atoms with Crippen molar-refractivity contribution >= 4 is 23.4 Å². The molecule has 1 aliphatic rings. The number of nitrogens with one attached hydrogen (secondary N) is 1. The SMILES string of the molecule is CCOC(=O)N1CCN(C(=O)C(N)=CC(C)=NC=CC(=N)c2ccc(OC)c(OC)c2)CC1. The zero-order valence-corrected chi connectivity index (χ0v) is 19.5. The minimum Gasteiger partial charge on any atom is -0.493 e. The molecule has 0 aromatic heterocycles. The third-order valence-corrected chi connectivity index (χ3v) is 4.92. The molecule has 0 bridgehead atoms. The quantitative estimate of drug-likeness (QED) is 0.455. The van der Waals surface area contributed by atoms with E-state index in [1.165, 1.54) is 25.5 Å². The predicted octanol–water partition coefficient (Wildman–Crippen LogP) is 2.19. The smallest absolute Gasteiger partial charge is 0.409 e. The number of benzene rings is 1. The molecule has 10 nitrogen and oxygen atoms in total. The maximum Gasteiger partial charge on any atom is 0.409 e. The Morgan fingerprint density at radius 1 is 1.12 bits per heavy atom. The number of nitrogens with zero attached hydrogens (tertiary/aromatic N) is 3. The highest BCUT2D eigenvalue weighted by atomic mass is 16.6. The molecule has 2 amide bonds. The normalized spacial score (nSPS) is 14.9. The molecule has 0 aliphatic carbocycles. The van der Waals surface area contributed by atoms with Gasteiger partial charge in [-0.05, 0) is 44.2 Å². The largest absolute Gasteiger partial charge is 0.493 e. The molecule has 0 saturated carbocycles. The fourth-order valence-electron chi connectivity index (χ4n) is 3.14. The van der Waals surface area contributed by atoms with E-state index in [9.17, 15) is 9.59 Å². The van der Waals surface area contributed by atoms with E-state index in [4.69, 9.17) is 25.4 Å². The summed E-state index contributed by atoms with van der Waals surface area (Å²) >= 11 is 0. The van der Waals surface area contributed by atoms with Crippen molar-refractivity contribution in [3.8, 4) is 11.5 Å². The van der Waals surface area contributed by atoms with Gasteiger partial charge in [0.2, 0.25) is 0 Å². The monoisotopic (exact) mass is 457 g/mol. The lowest BCUT2D eigenvalue weighted by molar-refractivity contribution is -0.128. The highest BCUT2D eigenvalue weighted by molar-refractivity contribution is 6.07. The number of hydrogen-bond acceptors (Lipinski definition) is 8. The topological polar surface area (TPSA) is 131 Å². The van der Waals surface area contributed by atoms with Crippen LogP contribution in [0.1, 0.15) is 19.4 Å². The van der Waals surface area contributed by atoms with Crippen LogP contribution < -0.4 is 15.2 Å². The van der Waals surface area contributed by atoms with Gasteiger partial charge < -0.3 is 35.2 Å². The van der Waals surface area contributed by atoms with Crippen LogP contribution in [0, 0.1) is 5.41 Å². The van der Waals surface area contributed by atoms with Crippen LogP contribution in [0.3, 0.4) is 0 Å². The van der Waals surface area contributed by atoms with Crippen LogP contribution in [0.2, 0.25) is 0 Å². The van der Waals surface area contributed by atoms with Gasteiger partial charge in [0.15, 0.2) is 11.5 Å². The summed E-state index contributed by atoms with van der Waals surface area (Å²) < 4.78 is 15.4. The highest BCUT2D eigenvalue weighted by Gasteiger charge is 2.25. The summed E-state index contributed by atoms with van der Waals surface area (Å²) in [6.07, 6.45) is 4.12. The van der Waals surface area contributed by atoms with Gasteiger partial charge in [0, 0.05) is 43.7 Å². The third kappa shape index (κ3) is 7.09. The molecule has 0 unspecified atom stereocenters. The number of allylic oxidation sites excluding steroid dienone is 2. The summed E-state index contributed by atoms with van der Waals surface area (Å²) in [5.41, 5.74) is 7.42. The Labute approximate surface area is 193 Å². The number of rotatable bonds is 8. The van der Waals surface area contributed by atoms with Gasteiger partial charge in [-0.2, -0.15) is 0 Å². The molecule has 0 radical (unpaired) electrons. The van der Waals surface area contributed by atoms with Crippen molar-refractivity contribution < 1.29 is 23.8 Å². The van der Waals surface area contributed by atoms with Gasteiger partial charge in [-0.15, -0.1) is 0 Å². The van der Waals surface area contributed by atoms with Crippen molar-refractivity contribution in [2.75, 3.05) is 47.0 Å². The molecule has 10 heteroatoms. The first-order chi connectivity index (χ1) is 15.8. The number of aliphatic imine (C=N–C) groups is 1. The fourth-order valence-corrected chi connectivity index (χ4v) is 3.14. The Bertz CT molecular complexity index is 962. The van der Waals surface area contributed by atoms with Crippen LogP contribution in [-0.4, -0.2) is 80.2 Å². The van der Waals surface area contributed by atoms with Crippen molar-refractivity contribution in [1.29, 1.82) is 5.41 Å². The van der Waals surface area contributed by atoms with Crippen LogP contribution in [0.15, 0.2) is 47.2 Å². The number of nitrogens with two attached hydrogens (primary N) is 1. The lowest BCUT2D eigenvalue weighted by atomic mass is 10.1. The number of carbonyl (C=O) groups is 2. The fraction of sp³-hybridized carbons (Fsp3) is 0.391. The van der Waals surface area contributed by atoms with Gasteiger partial charge in [0.1, 0.15) is 0 Å². The molecular weight excluding hydrogens is 426 g/mol. The molecule has 0 spiro atoms. The van der Waals surface area contributed by atoms with E-state index < -0.39 is 0 Å². The average molecular weight is 458 g/mol. The molecule has 0 atom stereocenters. The minimum absolute atomic E-state index is 0.0594. The molecule has 1 fully saturated rings. The van der Waals surface area contributed by atoms with Crippen molar-refractivity contribution in [3.05, 3.63) is 47.8 Å². The van der Waals surface area contributed by atoms with Crippen LogP contribution in [0.25, 0.3) is 0 Å². The van der Waals surface area contributed by atoms with E-state index in [1.54, 1.807) is 49.0 Å². The predicted molar refractivity (Wildman–Crippen MR) is 126 cm³/mol. The Hall–Kier alpha value is -3.82. The summed E-state index contributed by atoms with van der Waals surface area (Å²) in [6, 6.07) is 5.19. The Kier molecular flexibility index (Phi) is 9.46. The summed E-state index contributed by atoms with van der Waals surface area (Å²) in [6.45, 7) is 5.33. The van der Waals surface area contributed by atoms with E-state index >= 15 is 0 Å². The van der Waals surface area contributed by atoms with E-state index in [1.807, 2.05) is 0 Å². The van der Waals surface area contributed by atoms with Crippen molar-refractivity contribution in [1.82, 2.24) is 9.80 Å². The second-order valence-electron chi connectivity index (χ2n) is 7.15. The molecule has 1 heterocycles. The van der Waals surface area contributed by atoms with Gasteiger partial charge in [0.25, 0.3) is 5.91 Å². The second-order valence-corrected chi connectivity index (χ2v) is 7.15. The Morgan fingerprint density at radius 3 is 2.36 bits per heavy atom. The number of amides is 2. The van der Waals surface area contributed by atoms with E-state index in [0.29, 0.717) is 55.6 Å². The van der Waals surface area contributed by atoms with Gasteiger partial charge in [-0.3, -0.25) is 9.79 Å². The van der Waals surface area contributed by atoms with Crippen molar-refractivity contribution in [2.45, 2.75) is 13.8 Å². The first-order valence-electron chi connectivity index (χ1n) is 10.5. The van der Waals surface area contributed by atoms with Crippen molar-refractivity contribution in [2.24, 2.45) is 10.7 Å². The molecule has 3 N–H and O–H groups in total. The van der Waals surface area contributed by atoms with Crippen LogP contribution in [0.5, 0.6) is 11.5 Å². The summed E-state index contributed by atoms with van der Waals surface area (Å²) in [5.74, 6) is 0.805. The zero-order chi connectivity index (χ0) is 24.4. The van der Waals surface area contributed by atoms with E-state index in [-0.39, 0.29) is 23.4 Å². The number of methoxy groups -OCH3 is 2. The lowest BCUT2D eigenvalue weighted by Gasteiger charge is -2.34. The molecule has 178 valence electrons. The summed E-state index contributed by atoms with van der Waals surface area (Å²) in [4.78, 5) is 31.7. The third-order valence-electron chi connectivity index (χ3n) is 4.92. The zero-order valence-electron chi connectivity index (χ0n) is 19.5. The van der Waals surface area contributed by atoms with Crippen molar-refractivity contribution in [3.63, 3.8) is 0 Å². The van der Waals surface area contributed by atoms with E-state index in [2.05, 4.69) is 4.99 Å². The molecule has 1 saturated heterocycles. The molecular formula is C23H31N5O5. The summed E-state index contributed by atoms with van der Waals surface area (Å²) in [7, 11) is 3.08. The second kappa shape index (κ2) is 12.3.